The normalized spacial score (nSPS) is 11.6. The Labute approximate surface area is 97.8 Å². The highest BCUT2D eigenvalue weighted by molar-refractivity contribution is 5.86. The van der Waals surface area contributed by atoms with Gasteiger partial charge in [0.25, 0.3) is 0 Å². The zero-order chi connectivity index (χ0) is 13.4. The molecule has 2 amide bonds. The van der Waals surface area contributed by atoms with Crippen LogP contribution in [0.15, 0.2) is 0 Å². The van der Waals surface area contributed by atoms with Gasteiger partial charge in [0, 0.05) is 13.1 Å². The number of hydrogen-bond acceptors (Lipinski definition) is 4. The van der Waals surface area contributed by atoms with E-state index in [-0.39, 0.29) is 19.7 Å². The van der Waals surface area contributed by atoms with Gasteiger partial charge in [-0.25, -0.2) is 9.59 Å². The van der Waals surface area contributed by atoms with Crippen molar-refractivity contribution in [2.24, 2.45) is 0 Å². The molecule has 0 heterocycles. The van der Waals surface area contributed by atoms with Crippen LogP contribution in [0.25, 0.3) is 0 Å². The summed E-state index contributed by atoms with van der Waals surface area (Å²) in [5.74, 6) is -2.73. The zero-order valence-corrected chi connectivity index (χ0v) is 9.42. The Hall–Kier alpha value is -1.83. The van der Waals surface area contributed by atoms with Gasteiger partial charge in [-0.2, -0.15) is 0 Å². The molecule has 0 unspecified atom stereocenters. The molecule has 0 aliphatic rings. The fraction of sp³-hybridized carbons (Fsp3) is 0.667. The summed E-state index contributed by atoms with van der Waals surface area (Å²) in [4.78, 5) is 33.8. The first kappa shape index (κ1) is 15.2. The molecule has 0 spiro atoms. The second kappa shape index (κ2) is 7.44. The fourth-order valence-electron chi connectivity index (χ4n) is 1.14. The quantitative estimate of drug-likeness (QED) is 0.454. The Morgan fingerprint density at radius 3 is 2.24 bits per heavy atom. The number of carbonyl (C=O) groups excluding carboxylic acids is 1. The van der Waals surface area contributed by atoms with Crippen molar-refractivity contribution in [1.29, 1.82) is 0 Å². The van der Waals surface area contributed by atoms with Crippen LogP contribution in [-0.2, 0) is 9.59 Å². The number of nitrogens with zero attached hydrogens (tertiary/aromatic N) is 1. The highest BCUT2D eigenvalue weighted by Crippen LogP contribution is 1.96. The largest absolute Gasteiger partial charge is 0.481 e. The van der Waals surface area contributed by atoms with E-state index in [1.807, 2.05) is 0 Å². The minimum absolute atomic E-state index is 0.0573. The van der Waals surface area contributed by atoms with Gasteiger partial charge in [0.2, 0.25) is 0 Å². The van der Waals surface area contributed by atoms with E-state index in [1.165, 1.54) is 4.90 Å². The van der Waals surface area contributed by atoms with Crippen molar-refractivity contribution in [2.75, 3.05) is 19.7 Å². The number of likely N-dealkylation sites (N-methyl/N-ethyl adjacent to an activating group) is 1. The summed E-state index contributed by atoms with van der Waals surface area (Å²) in [7, 11) is 0. The maximum absolute atomic E-state index is 11.5. The standard InChI is InChI=1S/C9H16N2O6/c1-2-11(3-4-12)9(17)10-6(8(15)16)5-7(13)14/h6,12H,2-5H2,1H3,(H,10,17)(H,13,14)(H,15,16)/t6-/m0/s1. The molecule has 8 nitrogen and oxygen atoms in total. The molecule has 0 aromatic heterocycles. The molecule has 0 saturated heterocycles. The van der Waals surface area contributed by atoms with E-state index in [9.17, 15) is 14.4 Å². The third-order valence-electron chi connectivity index (χ3n) is 2.01. The Bertz CT molecular complexity index is 293. The number of hydrogen-bond donors (Lipinski definition) is 4. The maximum atomic E-state index is 11.5. The number of carboxylic acid groups (broad SMARTS) is 2. The number of urea groups is 1. The topological polar surface area (TPSA) is 127 Å². The van der Waals surface area contributed by atoms with Crippen LogP contribution in [0.3, 0.4) is 0 Å². The summed E-state index contributed by atoms with van der Waals surface area (Å²) in [6, 6.07) is -2.19. The summed E-state index contributed by atoms with van der Waals surface area (Å²) in [5, 5.41) is 27.9. The Kier molecular flexibility index (Phi) is 6.64. The average molecular weight is 248 g/mol. The number of aliphatic hydroxyl groups is 1. The third kappa shape index (κ3) is 5.71. The molecule has 1 atom stereocenters. The SMILES string of the molecule is CCN(CCO)C(=O)N[C@@H](CC(=O)O)C(=O)O. The molecule has 8 heteroatoms. The van der Waals surface area contributed by atoms with E-state index in [0.29, 0.717) is 0 Å². The molecular formula is C9H16N2O6. The van der Waals surface area contributed by atoms with Crippen LogP contribution >= 0.6 is 0 Å². The van der Waals surface area contributed by atoms with Crippen LogP contribution in [0, 0.1) is 0 Å². The van der Waals surface area contributed by atoms with Gasteiger partial charge in [0.05, 0.1) is 13.0 Å². The van der Waals surface area contributed by atoms with Crippen molar-refractivity contribution in [3.63, 3.8) is 0 Å². The molecule has 0 aliphatic carbocycles. The first-order valence-corrected chi connectivity index (χ1v) is 5.03. The minimum atomic E-state index is -1.48. The molecule has 0 rings (SSSR count). The van der Waals surface area contributed by atoms with Crippen LogP contribution < -0.4 is 5.32 Å². The lowest BCUT2D eigenvalue weighted by Gasteiger charge is -2.22. The van der Waals surface area contributed by atoms with Crippen LogP contribution in [0.5, 0.6) is 0 Å². The van der Waals surface area contributed by atoms with Crippen LogP contribution in [0.4, 0.5) is 4.79 Å². The lowest BCUT2D eigenvalue weighted by Crippen LogP contribution is -2.49. The van der Waals surface area contributed by atoms with Crippen molar-refractivity contribution in [3.8, 4) is 0 Å². The maximum Gasteiger partial charge on any atom is 0.326 e. The number of nitrogens with one attached hydrogen (secondary N) is 1. The molecule has 0 radical (unpaired) electrons. The minimum Gasteiger partial charge on any atom is -0.481 e. The predicted octanol–water partition coefficient (Wildman–Crippen LogP) is -1.06. The van der Waals surface area contributed by atoms with Gasteiger partial charge in [-0.15, -0.1) is 0 Å². The van der Waals surface area contributed by atoms with E-state index in [0.717, 1.165) is 0 Å². The van der Waals surface area contributed by atoms with E-state index >= 15 is 0 Å². The van der Waals surface area contributed by atoms with E-state index in [2.05, 4.69) is 5.32 Å². The van der Waals surface area contributed by atoms with E-state index in [1.54, 1.807) is 6.92 Å². The van der Waals surface area contributed by atoms with Crippen LogP contribution in [0.1, 0.15) is 13.3 Å². The van der Waals surface area contributed by atoms with Gasteiger partial charge in [-0.3, -0.25) is 4.79 Å². The Balaban J connectivity index is 4.47. The molecule has 0 aromatic rings. The summed E-state index contributed by atoms with van der Waals surface area (Å²) in [5.41, 5.74) is 0. The number of carbonyl (C=O) groups is 3. The lowest BCUT2D eigenvalue weighted by molar-refractivity contribution is -0.145. The van der Waals surface area contributed by atoms with Crippen molar-refractivity contribution < 1.29 is 29.7 Å². The fourth-order valence-corrected chi connectivity index (χ4v) is 1.14. The molecule has 4 N–H and O–H groups in total. The molecular weight excluding hydrogens is 232 g/mol. The number of rotatable bonds is 7. The predicted molar refractivity (Wildman–Crippen MR) is 56.5 cm³/mol. The molecule has 0 bridgehead atoms. The van der Waals surface area contributed by atoms with Crippen molar-refractivity contribution in [1.82, 2.24) is 10.2 Å². The first-order valence-electron chi connectivity index (χ1n) is 5.03. The molecule has 0 aliphatic heterocycles. The Morgan fingerprint density at radius 2 is 1.88 bits per heavy atom. The third-order valence-corrected chi connectivity index (χ3v) is 2.01. The van der Waals surface area contributed by atoms with Crippen LogP contribution in [-0.4, -0.2) is 63.9 Å². The summed E-state index contributed by atoms with van der Waals surface area (Å²) in [6.45, 7) is 1.74. The highest BCUT2D eigenvalue weighted by atomic mass is 16.4. The summed E-state index contributed by atoms with van der Waals surface area (Å²) >= 11 is 0. The van der Waals surface area contributed by atoms with Gasteiger partial charge >= 0.3 is 18.0 Å². The monoisotopic (exact) mass is 248 g/mol. The molecule has 17 heavy (non-hydrogen) atoms. The summed E-state index contributed by atoms with van der Waals surface area (Å²) in [6.07, 6.45) is -0.697. The molecule has 0 fully saturated rings. The van der Waals surface area contributed by atoms with Crippen molar-refractivity contribution in [2.45, 2.75) is 19.4 Å². The highest BCUT2D eigenvalue weighted by Gasteiger charge is 2.24. The lowest BCUT2D eigenvalue weighted by atomic mass is 10.2. The molecule has 98 valence electrons. The second-order valence-corrected chi connectivity index (χ2v) is 3.24. The molecule has 0 saturated carbocycles. The van der Waals surface area contributed by atoms with Gasteiger partial charge < -0.3 is 25.5 Å². The van der Waals surface area contributed by atoms with Gasteiger partial charge in [-0.05, 0) is 6.92 Å². The number of aliphatic carboxylic acids is 2. The van der Waals surface area contributed by atoms with E-state index in [4.69, 9.17) is 15.3 Å². The van der Waals surface area contributed by atoms with E-state index < -0.39 is 30.4 Å². The second-order valence-electron chi connectivity index (χ2n) is 3.24. The average Bonchev–Trinajstić information content (AvgIpc) is 2.23. The smallest absolute Gasteiger partial charge is 0.326 e. The van der Waals surface area contributed by atoms with Crippen LogP contribution in [0.2, 0.25) is 0 Å². The first-order chi connectivity index (χ1) is 7.92. The van der Waals surface area contributed by atoms with Gasteiger partial charge in [0.15, 0.2) is 0 Å². The number of amides is 2. The van der Waals surface area contributed by atoms with Gasteiger partial charge in [0.1, 0.15) is 6.04 Å². The van der Waals surface area contributed by atoms with Crippen molar-refractivity contribution >= 4 is 18.0 Å². The number of aliphatic hydroxyl groups excluding tert-OH is 1. The Morgan fingerprint density at radius 1 is 1.29 bits per heavy atom. The molecule has 0 aromatic carbocycles. The van der Waals surface area contributed by atoms with Gasteiger partial charge in [-0.1, -0.05) is 0 Å². The summed E-state index contributed by atoms with van der Waals surface area (Å²) < 4.78 is 0. The van der Waals surface area contributed by atoms with Crippen molar-refractivity contribution in [3.05, 3.63) is 0 Å². The number of carboxylic acids is 2. The zero-order valence-electron chi connectivity index (χ0n) is 9.42.